The summed E-state index contributed by atoms with van der Waals surface area (Å²) in [6.45, 7) is 3.56. The molecule has 0 fully saturated rings. The molecule has 148 valence electrons. The van der Waals surface area contributed by atoms with Gasteiger partial charge >= 0.3 is 0 Å². The molecule has 0 radical (unpaired) electrons. The topological polar surface area (TPSA) is 85.5 Å². The average molecular weight is 466 g/mol. The maximum Gasteiger partial charge on any atom is 0.243 e. The fraction of sp³-hybridized carbons (Fsp3) is 0.263. The zero-order valence-corrected chi connectivity index (χ0v) is 18.3. The van der Waals surface area contributed by atoms with Gasteiger partial charge in [0.15, 0.2) is 0 Å². The van der Waals surface area contributed by atoms with E-state index in [2.05, 4.69) is 26.1 Å². The fourth-order valence-electron chi connectivity index (χ4n) is 2.78. The van der Waals surface area contributed by atoms with Gasteiger partial charge in [-0.1, -0.05) is 33.2 Å². The van der Waals surface area contributed by atoms with Crippen molar-refractivity contribution in [3.63, 3.8) is 0 Å². The number of ether oxygens (including phenoxy) is 1. The second-order valence-corrected chi connectivity index (χ2v) is 9.23. The molecule has 2 aromatic carbocycles. The van der Waals surface area contributed by atoms with Gasteiger partial charge in [0.25, 0.3) is 0 Å². The first kappa shape index (κ1) is 20.5. The SMILES string of the molecule is COc1ccc(S(=O)(=O)N(C)Cc2nc(-c3cccc(Br)c3)no2)c(C)c1C. The average Bonchev–Trinajstić information content (AvgIpc) is 3.12. The lowest BCUT2D eigenvalue weighted by molar-refractivity contribution is 0.336. The Kier molecular flexibility index (Phi) is 5.87. The number of nitrogens with zero attached hydrogens (tertiary/aromatic N) is 3. The smallest absolute Gasteiger partial charge is 0.243 e. The molecule has 7 nitrogen and oxygen atoms in total. The number of halogens is 1. The summed E-state index contributed by atoms with van der Waals surface area (Å²) in [5.41, 5.74) is 2.20. The largest absolute Gasteiger partial charge is 0.496 e. The molecule has 0 aliphatic carbocycles. The molecule has 0 atom stereocenters. The third-order valence-electron chi connectivity index (χ3n) is 4.50. The minimum Gasteiger partial charge on any atom is -0.496 e. The van der Waals surface area contributed by atoms with E-state index in [1.807, 2.05) is 31.2 Å². The van der Waals surface area contributed by atoms with E-state index in [9.17, 15) is 8.42 Å². The first-order valence-electron chi connectivity index (χ1n) is 8.43. The van der Waals surface area contributed by atoms with Gasteiger partial charge in [0.05, 0.1) is 18.6 Å². The van der Waals surface area contributed by atoms with Gasteiger partial charge in [-0.15, -0.1) is 0 Å². The quantitative estimate of drug-likeness (QED) is 0.547. The Labute approximate surface area is 172 Å². The number of rotatable bonds is 6. The van der Waals surface area contributed by atoms with Gasteiger partial charge in [0.2, 0.25) is 21.7 Å². The van der Waals surface area contributed by atoms with Gasteiger partial charge in [0, 0.05) is 17.1 Å². The van der Waals surface area contributed by atoms with E-state index >= 15 is 0 Å². The van der Waals surface area contributed by atoms with Crippen molar-refractivity contribution in [2.24, 2.45) is 0 Å². The maximum absolute atomic E-state index is 13.0. The maximum atomic E-state index is 13.0. The molecule has 0 N–H and O–H groups in total. The highest BCUT2D eigenvalue weighted by Gasteiger charge is 2.26. The molecule has 1 heterocycles. The summed E-state index contributed by atoms with van der Waals surface area (Å²) in [6.07, 6.45) is 0. The summed E-state index contributed by atoms with van der Waals surface area (Å²) in [4.78, 5) is 4.53. The van der Waals surface area contributed by atoms with Crippen LogP contribution in [0.2, 0.25) is 0 Å². The number of benzene rings is 2. The molecular weight excluding hydrogens is 446 g/mol. The molecule has 3 rings (SSSR count). The minimum atomic E-state index is -3.73. The summed E-state index contributed by atoms with van der Waals surface area (Å²) >= 11 is 3.40. The van der Waals surface area contributed by atoms with E-state index in [4.69, 9.17) is 9.26 Å². The van der Waals surface area contributed by atoms with Gasteiger partial charge < -0.3 is 9.26 Å². The number of hydrogen-bond donors (Lipinski definition) is 0. The zero-order chi connectivity index (χ0) is 20.5. The van der Waals surface area contributed by atoms with E-state index in [1.165, 1.54) is 11.4 Å². The molecule has 0 amide bonds. The van der Waals surface area contributed by atoms with Crippen LogP contribution in [0.25, 0.3) is 11.4 Å². The van der Waals surface area contributed by atoms with Crippen LogP contribution in [0, 0.1) is 13.8 Å². The van der Waals surface area contributed by atoms with Crippen LogP contribution in [0.15, 0.2) is 50.3 Å². The molecule has 9 heteroatoms. The molecule has 0 bridgehead atoms. The third kappa shape index (κ3) is 3.96. The molecule has 0 saturated carbocycles. The number of methoxy groups -OCH3 is 1. The Morgan fingerprint density at radius 3 is 2.61 bits per heavy atom. The summed E-state index contributed by atoms with van der Waals surface area (Å²) in [5.74, 6) is 1.26. The van der Waals surface area contributed by atoms with Gasteiger partial charge in [-0.05, 0) is 49.2 Å². The Hall–Kier alpha value is -2.23. The number of sulfonamides is 1. The summed E-state index contributed by atoms with van der Waals surface area (Å²) in [6, 6.07) is 10.7. The Bertz CT molecular complexity index is 1110. The molecule has 1 aromatic heterocycles. The van der Waals surface area contributed by atoms with Crippen LogP contribution in [0.3, 0.4) is 0 Å². The van der Waals surface area contributed by atoms with Crippen molar-refractivity contribution < 1.29 is 17.7 Å². The summed E-state index contributed by atoms with van der Waals surface area (Å²) < 4.78 is 38.6. The van der Waals surface area contributed by atoms with Crippen molar-refractivity contribution in [3.8, 4) is 17.1 Å². The van der Waals surface area contributed by atoms with Crippen LogP contribution in [-0.4, -0.2) is 37.0 Å². The van der Waals surface area contributed by atoms with Crippen LogP contribution in [0.4, 0.5) is 0 Å². The van der Waals surface area contributed by atoms with Crippen LogP contribution in [0.1, 0.15) is 17.0 Å². The minimum absolute atomic E-state index is 0.0339. The van der Waals surface area contributed by atoms with Gasteiger partial charge in [-0.3, -0.25) is 0 Å². The molecule has 0 saturated heterocycles. The van der Waals surface area contributed by atoms with Crippen molar-refractivity contribution >= 4 is 26.0 Å². The Morgan fingerprint density at radius 1 is 1.18 bits per heavy atom. The lowest BCUT2D eigenvalue weighted by Crippen LogP contribution is -2.27. The monoisotopic (exact) mass is 465 g/mol. The highest BCUT2D eigenvalue weighted by Crippen LogP contribution is 2.29. The van der Waals surface area contributed by atoms with Gasteiger partial charge in [-0.2, -0.15) is 9.29 Å². The molecule has 0 unspecified atom stereocenters. The summed E-state index contributed by atoms with van der Waals surface area (Å²) in [7, 11) is -0.695. The van der Waals surface area contributed by atoms with Crippen molar-refractivity contribution in [3.05, 3.63) is 57.9 Å². The Morgan fingerprint density at radius 2 is 1.93 bits per heavy atom. The normalized spacial score (nSPS) is 11.8. The highest BCUT2D eigenvalue weighted by atomic mass is 79.9. The molecule has 0 aliphatic rings. The van der Waals surface area contributed by atoms with Crippen LogP contribution in [0.5, 0.6) is 5.75 Å². The predicted octanol–water partition coefficient (Wildman–Crippen LogP) is 3.95. The lowest BCUT2D eigenvalue weighted by Gasteiger charge is -2.18. The molecular formula is C19H20BrN3O4S. The van der Waals surface area contributed by atoms with Crippen LogP contribution >= 0.6 is 15.9 Å². The summed E-state index contributed by atoms with van der Waals surface area (Å²) in [5, 5.41) is 3.94. The standard InChI is InChI=1S/C19H20BrN3O4S/c1-12-13(2)17(9-8-16(12)26-4)28(24,25)23(3)11-18-21-19(22-27-18)14-6-5-7-15(20)10-14/h5-10H,11H2,1-4H3. The van der Waals surface area contributed by atoms with Crippen molar-refractivity contribution in [1.29, 1.82) is 0 Å². The molecule has 0 aliphatic heterocycles. The molecule has 0 spiro atoms. The second kappa shape index (κ2) is 8.02. The molecule has 3 aromatic rings. The zero-order valence-electron chi connectivity index (χ0n) is 15.9. The van der Waals surface area contributed by atoms with Crippen molar-refractivity contribution in [2.75, 3.05) is 14.2 Å². The van der Waals surface area contributed by atoms with Gasteiger partial charge in [-0.25, -0.2) is 8.42 Å². The first-order valence-corrected chi connectivity index (χ1v) is 10.7. The van der Waals surface area contributed by atoms with E-state index in [0.29, 0.717) is 17.1 Å². The van der Waals surface area contributed by atoms with Crippen molar-refractivity contribution in [2.45, 2.75) is 25.3 Å². The van der Waals surface area contributed by atoms with E-state index in [1.54, 1.807) is 26.2 Å². The predicted molar refractivity (Wildman–Crippen MR) is 109 cm³/mol. The highest BCUT2D eigenvalue weighted by molar-refractivity contribution is 9.10. The van der Waals surface area contributed by atoms with Gasteiger partial charge in [0.1, 0.15) is 5.75 Å². The third-order valence-corrected chi connectivity index (χ3v) is 6.95. The lowest BCUT2D eigenvalue weighted by atomic mass is 10.1. The van der Waals surface area contributed by atoms with Crippen LogP contribution < -0.4 is 4.74 Å². The van der Waals surface area contributed by atoms with E-state index < -0.39 is 10.0 Å². The Balaban J connectivity index is 1.85. The van der Waals surface area contributed by atoms with Crippen LogP contribution in [-0.2, 0) is 16.6 Å². The fourth-order valence-corrected chi connectivity index (χ4v) is 4.57. The first-order chi connectivity index (χ1) is 13.2. The van der Waals surface area contributed by atoms with E-state index in [0.717, 1.165) is 15.6 Å². The number of aromatic nitrogens is 2. The second-order valence-electron chi connectivity index (χ2n) is 6.30. The molecule has 28 heavy (non-hydrogen) atoms. The number of hydrogen-bond acceptors (Lipinski definition) is 6. The van der Waals surface area contributed by atoms with Crippen molar-refractivity contribution in [1.82, 2.24) is 14.4 Å². The van der Waals surface area contributed by atoms with E-state index in [-0.39, 0.29) is 17.3 Å².